The zero-order chi connectivity index (χ0) is 25.7. The summed E-state index contributed by atoms with van der Waals surface area (Å²) in [6.45, 7) is 7.49. The first-order valence-electron chi connectivity index (χ1n) is 12.2. The normalized spacial score (nSPS) is 12.0. The van der Waals surface area contributed by atoms with E-state index >= 15 is 0 Å². The fourth-order valence-corrected chi connectivity index (χ4v) is 4.93. The highest BCUT2D eigenvalue weighted by Crippen LogP contribution is 2.31. The number of furan rings is 1. The molecule has 0 radical (unpaired) electrons. The van der Waals surface area contributed by atoms with Crippen LogP contribution >= 0.6 is 11.8 Å². The summed E-state index contributed by atoms with van der Waals surface area (Å²) < 4.78 is 5.89. The second kappa shape index (κ2) is 11.6. The van der Waals surface area contributed by atoms with Crippen LogP contribution in [0.2, 0.25) is 0 Å². The number of aryl methyl sites for hydroxylation is 2. The molecule has 0 aliphatic rings. The Morgan fingerprint density at radius 3 is 2.28 bits per heavy atom. The Balaban J connectivity index is 1.44. The van der Waals surface area contributed by atoms with Crippen LogP contribution in [-0.4, -0.2) is 11.8 Å². The van der Waals surface area contributed by atoms with E-state index in [1.54, 1.807) is 11.8 Å². The molecule has 1 heterocycles. The van der Waals surface area contributed by atoms with E-state index in [-0.39, 0.29) is 17.8 Å². The summed E-state index contributed by atoms with van der Waals surface area (Å²) in [5.41, 5.74) is 7.31. The minimum absolute atomic E-state index is 0.0381. The fourth-order valence-electron chi connectivity index (χ4n) is 4.12. The van der Waals surface area contributed by atoms with Crippen molar-refractivity contribution in [3.8, 4) is 0 Å². The van der Waals surface area contributed by atoms with Crippen LogP contribution in [0.1, 0.15) is 72.0 Å². The molecule has 1 unspecified atom stereocenters. The van der Waals surface area contributed by atoms with Gasteiger partial charge in [0.2, 0.25) is 5.78 Å². The number of fused-ring (bicyclic) bond motifs is 1. The van der Waals surface area contributed by atoms with Gasteiger partial charge in [0.05, 0.1) is 6.04 Å². The molecule has 4 aromatic rings. The molecular formula is C30H31NO4S. The van der Waals surface area contributed by atoms with Crippen molar-refractivity contribution in [3.63, 3.8) is 0 Å². The summed E-state index contributed by atoms with van der Waals surface area (Å²) in [5.74, 6) is -0.0663. The quantitative estimate of drug-likeness (QED) is 0.177. The van der Waals surface area contributed by atoms with E-state index in [0.29, 0.717) is 11.3 Å². The largest absolute Gasteiger partial charge is 0.452 e. The molecule has 1 N–H and O–H groups in total. The zero-order valence-electron chi connectivity index (χ0n) is 21.1. The van der Waals surface area contributed by atoms with Crippen molar-refractivity contribution in [2.75, 3.05) is 0 Å². The number of carbonyl (C=O) groups excluding carboxylic acids is 2. The number of benzene rings is 3. The molecule has 0 saturated heterocycles. The first kappa shape index (κ1) is 25.7. The van der Waals surface area contributed by atoms with Gasteiger partial charge in [-0.25, -0.2) is 0 Å². The lowest BCUT2D eigenvalue weighted by atomic mass is 10.0. The summed E-state index contributed by atoms with van der Waals surface area (Å²) in [4.78, 5) is 31.5. The summed E-state index contributed by atoms with van der Waals surface area (Å²) in [6.07, 6.45) is 2.99. The molecule has 0 bridgehead atoms. The standard InChI is InChI=1S/C30H31NO4S/c1-5-6-7-27(31-35-21(4)32)22-9-13-24(14-10-22)36-25-15-11-23(12-16-25)29(33)30-20(3)26-18-19(2)8-17-28(26)34-30/h8-18,27,31H,5-7H2,1-4H3. The van der Waals surface area contributed by atoms with Crippen LogP contribution < -0.4 is 5.48 Å². The number of ketones is 1. The summed E-state index contributed by atoms with van der Waals surface area (Å²) in [5, 5.41) is 0.981. The fraction of sp³-hybridized carbons (Fsp3) is 0.267. The predicted molar refractivity (Wildman–Crippen MR) is 143 cm³/mol. The van der Waals surface area contributed by atoms with Crippen molar-refractivity contribution in [1.29, 1.82) is 0 Å². The van der Waals surface area contributed by atoms with Crippen molar-refractivity contribution in [3.05, 3.63) is 94.7 Å². The van der Waals surface area contributed by atoms with Crippen LogP contribution in [0.3, 0.4) is 0 Å². The molecule has 0 saturated carbocycles. The zero-order valence-corrected chi connectivity index (χ0v) is 21.9. The molecular weight excluding hydrogens is 470 g/mol. The second-order valence-electron chi connectivity index (χ2n) is 8.99. The van der Waals surface area contributed by atoms with Gasteiger partial charge in [0, 0.05) is 33.2 Å². The Bertz CT molecular complexity index is 1360. The highest BCUT2D eigenvalue weighted by atomic mass is 32.2. The van der Waals surface area contributed by atoms with Crippen LogP contribution in [0, 0.1) is 13.8 Å². The van der Waals surface area contributed by atoms with Crippen molar-refractivity contribution in [1.82, 2.24) is 5.48 Å². The minimum atomic E-state index is -0.351. The molecule has 1 aromatic heterocycles. The average Bonchev–Trinajstić information content (AvgIpc) is 3.20. The van der Waals surface area contributed by atoms with Crippen LogP contribution in [0.4, 0.5) is 0 Å². The number of hydroxylamine groups is 1. The third-order valence-corrected chi connectivity index (χ3v) is 7.14. The third kappa shape index (κ3) is 6.07. The monoisotopic (exact) mass is 501 g/mol. The van der Waals surface area contributed by atoms with Gasteiger partial charge < -0.3 is 9.25 Å². The Morgan fingerprint density at radius 1 is 0.972 bits per heavy atom. The Hall–Kier alpha value is -3.35. The SMILES string of the molecule is CCCCC(NOC(C)=O)c1ccc(Sc2ccc(C(=O)c3oc4ccc(C)cc4c3C)cc2)cc1. The van der Waals surface area contributed by atoms with Gasteiger partial charge in [-0.2, -0.15) is 0 Å². The Labute approximate surface area is 216 Å². The summed E-state index contributed by atoms with van der Waals surface area (Å²) in [6, 6.07) is 21.8. The van der Waals surface area contributed by atoms with Gasteiger partial charge in [-0.3, -0.25) is 9.59 Å². The number of nitrogens with one attached hydrogen (secondary N) is 1. The second-order valence-corrected chi connectivity index (χ2v) is 10.1. The van der Waals surface area contributed by atoms with Crippen molar-refractivity contribution in [2.24, 2.45) is 0 Å². The lowest BCUT2D eigenvalue weighted by Crippen LogP contribution is -2.24. The minimum Gasteiger partial charge on any atom is -0.452 e. The number of hydrogen-bond donors (Lipinski definition) is 1. The molecule has 0 aliphatic carbocycles. The Kier molecular flexibility index (Phi) is 8.28. The summed E-state index contributed by atoms with van der Waals surface area (Å²) in [7, 11) is 0. The lowest BCUT2D eigenvalue weighted by Gasteiger charge is -2.18. The molecule has 186 valence electrons. The van der Waals surface area contributed by atoms with Gasteiger partial charge in [0.15, 0.2) is 5.76 Å². The third-order valence-electron chi connectivity index (χ3n) is 6.12. The molecule has 5 nitrogen and oxygen atoms in total. The van der Waals surface area contributed by atoms with Gasteiger partial charge in [0.25, 0.3) is 0 Å². The highest BCUT2D eigenvalue weighted by Gasteiger charge is 2.19. The van der Waals surface area contributed by atoms with Crippen molar-refractivity contribution < 1.29 is 18.8 Å². The average molecular weight is 502 g/mol. The maximum Gasteiger partial charge on any atom is 0.321 e. The van der Waals surface area contributed by atoms with E-state index in [1.807, 2.05) is 56.3 Å². The predicted octanol–water partition coefficient (Wildman–Crippen LogP) is 7.73. The van der Waals surface area contributed by atoms with Gasteiger partial charge in [0.1, 0.15) is 5.58 Å². The van der Waals surface area contributed by atoms with E-state index in [1.165, 1.54) is 6.92 Å². The smallest absolute Gasteiger partial charge is 0.321 e. The molecule has 6 heteroatoms. The van der Waals surface area contributed by atoms with E-state index in [2.05, 4.69) is 36.7 Å². The molecule has 0 aliphatic heterocycles. The van der Waals surface area contributed by atoms with Crippen LogP contribution in [-0.2, 0) is 9.63 Å². The van der Waals surface area contributed by atoms with Crippen LogP contribution in [0.5, 0.6) is 0 Å². The molecule has 4 rings (SSSR count). The van der Waals surface area contributed by atoms with Gasteiger partial charge >= 0.3 is 5.97 Å². The van der Waals surface area contributed by atoms with Crippen molar-refractivity contribution >= 4 is 34.5 Å². The lowest BCUT2D eigenvalue weighted by molar-refractivity contribution is -0.150. The Morgan fingerprint density at radius 2 is 1.64 bits per heavy atom. The first-order chi connectivity index (χ1) is 17.4. The first-order valence-corrected chi connectivity index (χ1v) is 13.0. The maximum absolute atomic E-state index is 13.1. The molecule has 0 spiro atoms. The van der Waals surface area contributed by atoms with E-state index in [0.717, 1.165) is 56.7 Å². The molecule has 3 aromatic carbocycles. The van der Waals surface area contributed by atoms with Crippen LogP contribution in [0.25, 0.3) is 11.0 Å². The van der Waals surface area contributed by atoms with Gasteiger partial charge in [-0.15, -0.1) is 5.48 Å². The highest BCUT2D eigenvalue weighted by molar-refractivity contribution is 7.99. The van der Waals surface area contributed by atoms with E-state index < -0.39 is 0 Å². The number of rotatable bonds is 10. The van der Waals surface area contributed by atoms with E-state index in [9.17, 15) is 9.59 Å². The topological polar surface area (TPSA) is 68.5 Å². The number of unbranched alkanes of at least 4 members (excludes halogenated alkanes) is 1. The summed E-state index contributed by atoms with van der Waals surface area (Å²) >= 11 is 1.63. The van der Waals surface area contributed by atoms with Crippen molar-refractivity contribution in [2.45, 2.75) is 62.8 Å². The number of hydrogen-bond acceptors (Lipinski definition) is 6. The number of carbonyl (C=O) groups is 2. The van der Waals surface area contributed by atoms with Crippen LogP contribution in [0.15, 0.2) is 80.9 Å². The van der Waals surface area contributed by atoms with Gasteiger partial charge in [-0.1, -0.05) is 55.3 Å². The molecule has 36 heavy (non-hydrogen) atoms. The van der Waals surface area contributed by atoms with E-state index in [4.69, 9.17) is 9.25 Å². The van der Waals surface area contributed by atoms with Gasteiger partial charge in [-0.05, 0) is 74.4 Å². The maximum atomic E-state index is 13.1. The molecule has 1 atom stereocenters. The molecule has 0 fully saturated rings. The molecule has 0 amide bonds.